The van der Waals surface area contributed by atoms with Gasteiger partial charge in [0.25, 0.3) is 0 Å². The summed E-state index contributed by atoms with van der Waals surface area (Å²) in [5, 5.41) is 3.41. The lowest BCUT2D eigenvalue weighted by Crippen LogP contribution is -2.33. The molecule has 4 heteroatoms. The summed E-state index contributed by atoms with van der Waals surface area (Å²) in [4.78, 5) is 0.453. The highest BCUT2D eigenvalue weighted by molar-refractivity contribution is 7.90. The standard InChI is InChI=1S/C14H23NO2S/c1-5-13(15-6-2)11(3)12-9-7-8-10-14(12)18(4,16)17/h7-11,13,15H,5-6H2,1-4H3. The Hall–Kier alpha value is -0.870. The van der Waals surface area contributed by atoms with Crippen LogP contribution in [0, 0.1) is 0 Å². The molecule has 0 saturated carbocycles. The number of nitrogens with one attached hydrogen (secondary N) is 1. The molecule has 18 heavy (non-hydrogen) atoms. The van der Waals surface area contributed by atoms with E-state index in [0.29, 0.717) is 10.9 Å². The fourth-order valence-electron chi connectivity index (χ4n) is 2.35. The molecule has 0 amide bonds. The van der Waals surface area contributed by atoms with Gasteiger partial charge in [-0.1, -0.05) is 39.0 Å². The maximum atomic E-state index is 11.8. The van der Waals surface area contributed by atoms with Gasteiger partial charge in [0.1, 0.15) is 0 Å². The summed E-state index contributed by atoms with van der Waals surface area (Å²) >= 11 is 0. The van der Waals surface area contributed by atoms with Crippen molar-refractivity contribution in [1.29, 1.82) is 0 Å². The van der Waals surface area contributed by atoms with Gasteiger partial charge in [-0.3, -0.25) is 0 Å². The molecule has 1 rings (SSSR count). The summed E-state index contributed by atoms with van der Waals surface area (Å²) in [6.45, 7) is 7.16. The topological polar surface area (TPSA) is 46.2 Å². The lowest BCUT2D eigenvalue weighted by molar-refractivity contribution is 0.444. The van der Waals surface area contributed by atoms with Crippen molar-refractivity contribution in [3.63, 3.8) is 0 Å². The highest BCUT2D eigenvalue weighted by Gasteiger charge is 2.22. The van der Waals surface area contributed by atoms with Crippen LogP contribution in [0.15, 0.2) is 29.2 Å². The van der Waals surface area contributed by atoms with Crippen molar-refractivity contribution in [2.24, 2.45) is 0 Å². The third-order valence-electron chi connectivity index (χ3n) is 3.32. The van der Waals surface area contributed by atoms with Gasteiger partial charge in [-0.2, -0.15) is 0 Å². The Morgan fingerprint density at radius 3 is 2.33 bits per heavy atom. The minimum Gasteiger partial charge on any atom is -0.314 e. The van der Waals surface area contributed by atoms with Crippen LogP contribution in [0.3, 0.4) is 0 Å². The smallest absolute Gasteiger partial charge is 0.175 e. The predicted molar refractivity (Wildman–Crippen MR) is 75.7 cm³/mol. The van der Waals surface area contributed by atoms with Crippen molar-refractivity contribution in [1.82, 2.24) is 5.32 Å². The van der Waals surface area contributed by atoms with Crippen LogP contribution in [-0.2, 0) is 9.84 Å². The van der Waals surface area contributed by atoms with Crippen LogP contribution in [0.1, 0.15) is 38.7 Å². The zero-order valence-electron chi connectivity index (χ0n) is 11.6. The van der Waals surface area contributed by atoms with Gasteiger partial charge in [-0.25, -0.2) is 8.42 Å². The van der Waals surface area contributed by atoms with Gasteiger partial charge >= 0.3 is 0 Å². The van der Waals surface area contributed by atoms with Crippen LogP contribution in [0.4, 0.5) is 0 Å². The monoisotopic (exact) mass is 269 g/mol. The maximum Gasteiger partial charge on any atom is 0.175 e. The summed E-state index contributed by atoms with van der Waals surface area (Å²) < 4.78 is 23.6. The second kappa shape index (κ2) is 6.34. The van der Waals surface area contributed by atoms with Gasteiger partial charge in [-0.15, -0.1) is 0 Å². The predicted octanol–water partition coefficient (Wildman–Crippen LogP) is 2.58. The largest absolute Gasteiger partial charge is 0.314 e. The van der Waals surface area contributed by atoms with Gasteiger partial charge in [0.2, 0.25) is 0 Å². The summed E-state index contributed by atoms with van der Waals surface area (Å²) in [5.74, 6) is 0.181. The first kappa shape index (κ1) is 15.2. The molecular formula is C14H23NO2S. The third-order valence-corrected chi connectivity index (χ3v) is 4.49. The van der Waals surface area contributed by atoms with E-state index >= 15 is 0 Å². The Bertz CT molecular complexity index is 482. The second-order valence-corrected chi connectivity index (χ2v) is 6.66. The van der Waals surface area contributed by atoms with E-state index in [1.54, 1.807) is 12.1 Å². The zero-order valence-corrected chi connectivity index (χ0v) is 12.4. The molecular weight excluding hydrogens is 246 g/mol. The van der Waals surface area contributed by atoms with Crippen molar-refractivity contribution in [3.05, 3.63) is 29.8 Å². The van der Waals surface area contributed by atoms with Crippen molar-refractivity contribution < 1.29 is 8.42 Å². The van der Waals surface area contributed by atoms with Crippen molar-refractivity contribution in [2.45, 2.75) is 44.0 Å². The van der Waals surface area contributed by atoms with E-state index in [-0.39, 0.29) is 5.92 Å². The van der Waals surface area contributed by atoms with E-state index in [1.807, 2.05) is 12.1 Å². The molecule has 102 valence electrons. The van der Waals surface area contributed by atoms with E-state index in [2.05, 4.69) is 26.1 Å². The Balaban J connectivity index is 3.16. The molecule has 0 radical (unpaired) electrons. The van der Waals surface area contributed by atoms with E-state index in [4.69, 9.17) is 0 Å². The van der Waals surface area contributed by atoms with Crippen LogP contribution in [0.25, 0.3) is 0 Å². The average molecular weight is 269 g/mol. The van der Waals surface area contributed by atoms with E-state index in [0.717, 1.165) is 18.5 Å². The van der Waals surface area contributed by atoms with Crippen LogP contribution in [-0.4, -0.2) is 27.3 Å². The number of benzene rings is 1. The lowest BCUT2D eigenvalue weighted by atomic mass is 9.91. The van der Waals surface area contributed by atoms with Gasteiger partial charge in [-0.05, 0) is 30.5 Å². The van der Waals surface area contributed by atoms with Gasteiger partial charge in [0.15, 0.2) is 9.84 Å². The van der Waals surface area contributed by atoms with Crippen LogP contribution >= 0.6 is 0 Å². The second-order valence-electron chi connectivity index (χ2n) is 4.67. The van der Waals surface area contributed by atoms with E-state index in [1.165, 1.54) is 6.26 Å². The van der Waals surface area contributed by atoms with Crippen molar-refractivity contribution in [3.8, 4) is 0 Å². The Labute approximate surface area is 111 Å². The Kier molecular flexibility index (Phi) is 5.35. The summed E-state index contributed by atoms with van der Waals surface area (Å²) in [6.07, 6.45) is 2.25. The molecule has 0 fully saturated rings. The molecule has 0 saturated heterocycles. The molecule has 3 nitrogen and oxygen atoms in total. The minimum atomic E-state index is -3.16. The van der Waals surface area contributed by atoms with Gasteiger partial charge < -0.3 is 5.32 Å². The number of hydrogen-bond donors (Lipinski definition) is 1. The Morgan fingerprint density at radius 2 is 1.83 bits per heavy atom. The molecule has 0 bridgehead atoms. The molecule has 1 aromatic carbocycles. The summed E-state index contributed by atoms with van der Waals surface area (Å²) in [7, 11) is -3.16. The third kappa shape index (κ3) is 3.56. The highest BCUT2D eigenvalue weighted by atomic mass is 32.2. The first-order valence-electron chi connectivity index (χ1n) is 6.44. The maximum absolute atomic E-state index is 11.8. The highest BCUT2D eigenvalue weighted by Crippen LogP contribution is 2.27. The molecule has 1 aromatic rings. The number of rotatable bonds is 6. The first-order chi connectivity index (χ1) is 8.41. The summed E-state index contributed by atoms with van der Waals surface area (Å²) in [6, 6.07) is 7.60. The average Bonchev–Trinajstić information content (AvgIpc) is 2.34. The molecule has 0 aliphatic heterocycles. The van der Waals surface area contributed by atoms with E-state index < -0.39 is 9.84 Å². The molecule has 2 atom stereocenters. The number of sulfone groups is 1. The van der Waals surface area contributed by atoms with Gasteiger partial charge in [0, 0.05) is 12.3 Å². The van der Waals surface area contributed by atoms with E-state index in [9.17, 15) is 8.42 Å². The fourth-order valence-corrected chi connectivity index (χ4v) is 3.36. The van der Waals surface area contributed by atoms with Crippen LogP contribution < -0.4 is 5.32 Å². The first-order valence-corrected chi connectivity index (χ1v) is 8.33. The zero-order chi connectivity index (χ0) is 13.8. The molecule has 0 heterocycles. The molecule has 0 aliphatic carbocycles. The molecule has 1 N–H and O–H groups in total. The quantitative estimate of drug-likeness (QED) is 0.863. The summed E-state index contributed by atoms with van der Waals surface area (Å²) in [5.41, 5.74) is 0.910. The van der Waals surface area contributed by atoms with Crippen LogP contribution in [0.2, 0.25) is 0 Å². The van der Waals surface area contributed by atoms with Crippen LogP contribution in [0.5, 0.6) is 0 Å². The normalized spacial score (nSPS) is 15.3. The number of likely N-dealkylation sites (N-methyl/N-ethyl adjacent to an activating group) is 1. The van der Waals surface area contributed by atoms with Gasteiger partial charge in [0.05, 0.1) is 4.90 Å². The minimum absolute atomic E-state index is 0.181. The molecule has 0 aliphatic rings. The Morgan fingerprint density at radius 1 is 1.22 bits per heavy atom. The molecule has 0 spiro atoms. The van der Waals surface area contributed by atoms with Crippen molar-refractivity contribution in [2.75, 3.05) is 12.8 Å². The molecule has 0 aromatic heterocycles. The lowest BCUT2D eigenvalue weighted by Gasteiger charge is -2.25. The number of hydrogen-bond acceptors (Lipinski definition) is 3. The van der Waals surface area contributed by atoms with Crippen molar-refractivity contribution >= 4 is 9.84 Å². The SMILES string of the molecule is CCNC(CC)C(C)c1ccccc1S(C)(=O)=O. The fraction of sp³-hybridized carbons (Fsp3) is 0.571. The molecule has 2 unspecified atom stereocenters.